The number of rotatable bonds is 7. The minimum atomic E-state index is -0.730. The van der Waals surface area contributed by atoms with Crippen LogP contribution in [0.15, 0.2) is 48.7 Å². The van der Waals surface area contributed by atoms with Crippen LogP contribution in [-0.4, -0.2) is 76.8 Å². The summed E-state index contributed by atoms with van der Waals surface area (Å²) in [5, 5.41) is 10.8. The van der Waals surface area contributed by atoms with E-state index in [9.17, 15) is 8.78 Å². The first-order valence-electron chi connectivity index (χ1n) is 11.7. The minimum Gasteiger partial charge on any atom is -0.496 e. The quantitative estimate of drug-likeness (QED) is 0.399. The molecule has 4 aromatic rings. The first kappa shape index (κ1) is 23.8. The molecule has 8 nitrogen and oxygen atoms in total. The van der Waals surface area contributed by atoms with Gasteiger partial charge in [0.1, 0.15) is 23.1 Å². The molecule has 0 spiro atoms. The fraction of sp³-hybridized carbons (Fsp3) is 0.269. The van der Waals surface area contributed by atoms with Crippen LogP contribution in [0.4, 0.5) is 20.4 Å². The summed E-state index contributed by atoms with van der Waals surface area (Å²) in [7, 11) is 3.77. The summed E-state index contributed by atoms with van der Waals surface area (Å²) in [5.74, 6) is -0.546. The van der Waals surface area contributed by atoms with Crippen LogP contribution < -0.4 is 10.1 Å². The zero-order valence-corrected chi connectivity index (χ0v) is 20.1. The summed E-state index contributed by atoms with van der Waals surface area (Å²) in [6, 6.07) is 9.21. The Morgan fingerprint density at radius 3 is 2.72 bits per heavy atom. The molecule has 1 aliphatic heterocycles. The van der Waals surface area contributed by atoms with Crippen LogP contribution in [0, 0.1) is 11.6 Å². The van der Waals surface area contributed by atoms with Crippen LogP contribution in [0.2, 0.25) is 0 Å². The van der Waals surface area contributed by atoms with E-state index < -0.39 is 11.6 Å². The number of piperazine rings is 1. The van der Waals surface area contributed by atoms with Crippen LogP contribution in [0.25, 0.3) is 28.4 Å². The number of hydrogen-bond acceptors (Lipinski definition) is 7. The molecule has 1 fully saturated rings. The Morgan fingerprint density at radius 2 is 1.94 bits per heavy atom. The largest absolute Gasteiger partial charge is 0.496 e. The molecule has 1 saturated heterocycles. The normalized spacial score (nSPS) is 15.1. The lowest BCUT2D eigenvalue weighted by molar-refractivity contribution is 0.167. The number of aromatic nitrogens is 4. The van der Waals surface area contributed by atoms with Crippen molar-refractivity contribution in [1.29, 1.82) is 0 Å². The number of hydrogen-bond donors (Lipinski definition) is 2. The smallest absolute Gasteiger partial charge is 0.229 e. The maximum Gasteiger partial charge on any atom is 0.229 e. The number of methoxy groups -OCH3 is 1. The zero-order valence-electron chi connectivity index (χ0n) is 20.1. The maximum atomic E-state index is 14.0. The molecule has 2 aromatic carbocycles. The average molecular weight is 492 g/mol. The van der Waals surface area contributed by atoms with Crippen LogP contribution in [0.5, 0.6) is 5.75 Å². The summed E-state index contributed by atoms with van der Waals surface area (Å²) in [6.07, 6.45) is 5.89. The third kappa shape index (κ3) is 5.19. The van der Waals surface area contributed by atoms with Gasteiger partial charge in [-0.25, -0.2) is 13.8 Å². The number of ether oxygens (including phenoxy) is 1. The lowest BCUT2D eigenvalue weighted by atomic mass is 10.0. The fourth-order valence-electron chi connectivity index (χ4n) is 4.17. The van der Waals surface area contributed by atoms with E-state index in [0.717, 1.165) is 56.0 Å². The van der Waals surface area contributed by atoms with E-state index in [2.05, 4.69) is 54.5 Å². The standard InChI is InChI=1S/C26H27F2N7O/c1-34-10-12-35(13-11-34)9-3-4-17-5-8-23(36-2)19(14-17)24-20-16-29-26(31-25(20)33-32-24)30-22-7-6-18(27)15-21(22)28/h3-8,14-16H,9-13H2,1-2H3,(H2,29,30,31,32,33). The highest BCUT2D eigenvalue weighted by Crippen LogP contribution is 2.34. The van der Waals surface area contributed by atoms with Crippen molar-refractivity contribution in [1.82, 2.24) is 30.0 Å². The van der Waals surface area contributed by atoms with Gasteiger partial charge in [0.15, 0.2) is 5.65 Å². The zero-order chi connectivity index (χ0) is 25.1. The van der Waals surface area contributed by atoms with E-state index in [0.29, 0.717) is 22.5 Å². The van der Waals surface area contributed by atoms with Crippen molar-refractivity contribution in [2.24, 2.45) is 0 Å². The van der Waals surface area contributed by atoms with Crippen molar-refractivity contribution >= 4 is 28.7 Å². The van der Waals surface area contributed by atoms with E-state index in [-0.39, 0.29) is 11.6 Å². The summed E-state index contributed by atoms with van der Waals surface area (Å²) >= 11 is 0. The summed E-state index contributed by atoms with van der Waals surface area (Å²) in [5.41, 5.74) is 3.04. The fourth-order valence-corrected chi connectivity index (χ4v) is 4.17. The number of anilines is 2. The van der Waals surface area contributed by atoms with Gasteiger partial charge in [-0.05, 0) is 36.9 Å². The van der Waals surface area contributed by atoms with Crippen molar-refractivity contribution in [3.05, 3.63) is 65.9 Å². The molecule has 0 radical (unpaired) electrons. The minimum absolute atomic E-state index is 0.0771. The van der Waals surface area contributed by atoms with Gasteiger partial charge in [0.25, 0.3) is 0 Å². The lowest BCUT2D eigenvalue weighted by Gasteiger charge is -2.31. The van der Waals surface area contributed by atoms with Crippen LogP contribution >= 0.6 is 0 Å². The average Bonchev–Trinajstić information content (AvgIpc) is 3.30. The van der Waals surface area contributed by atoms with Gasteiger partial charge in [0, 0.05) is 50.6 Å². The van der Waals surface area contributed by atoms with Crippen molar-refractivity contribution in [3.8, 4) is 17.0 Å². The number of fused-ring (bicyclic) bond motifs is 1. The second-order valence-electron chi connectivity index (χ2n) is 8.74. The van der Waals surface area contributed by atoms with Gasteiger partial charge < -0.3 is 15.0 Å². The number of nitrogens with one attached hydrogen (secondary N) is 2. The molecule has 0 bridgehead atoms. The van der Waals surface area contributed by atoms with Crippen molar-refractivity contribution in [2.45, 2.75) is 0 Å². The van der Waals surface area contributed by atoms with E-state index in [1.165, 1.54) is 6.07 Å². The predicted molar refractivity (Wildman–Crippen MR) is 136 cm³/mol. The second kappa shape index (κ2) is 10.4. The van der Waals surface area contributed by atoms with Gasteiger partial charge >= 0.3 is 0 Å². The molecule has 0 saturated carbocycles. The van der Waals surface area contributed by atoms with Gasteiger partial charge in [0.05, 0.1) is 18.2 Å². The highest BCUT2D eigenvalue weighted by molar-refractivity contribution is 5.93. The number of benzene rings is 2. The molecule has 0 aliphatic carbocycles. The summed E-state index contributed by atoms with van der Waals surface area (Å²) in [6.45, 7) is 5.21. The van der Waals surface area contributed by atoms with Crippen LogP contribution in [0.3, 0.4) is 0 Å². The third-order valence-electron chi connectivity index (χ3n) is 6.24. The molecule has 0 amide bonds. The molecule has 3 heterocycles. The van der Waals surface area contributed by atoms with E-state index >= 15 is 0 Å². The molecule has 1 aliphatic rings. The number of H-pyrrole nitrogens is 1. The molecule has 2 aromatic heterocycles. The number of aromatic amines is 1. The Balaban J connectivity index is 1.38. The van der Waals surface area contributed by atoms with Gasteiger partial charge in [-0.3, -0.25) is 10.00 Å². The molecule has 36 heavy (non-hydrogen) atoms. The monoisotopic (exact) mass is 491 g/mol. The molecule has 0 atom stereocenters. The van der Waals surface area contributed by atoms with Gasteiger partial charge in [-0.2, -0.15) is 10.1 Å². The highest BCUT2D eigenvalue weighted by Gasteiger charge is 2.16. The highest BCUT2D eigenvalue weighted by atomic mass is 19.1. The Hall–Kier alpha value is -3.89. The molecule has 5 rings (SSSR count). The number of halogens is 2. The third-order valence-corrected chi connectivity index (χ3v) is 6.24. The molecule has 186 valence electrons. The summed E-state index contributed by atoms with van der Waals surface area (Å²) < 4.78 is 32.8. The number of likely N-dealkylation sites (N-methyl/N-ethyl adjacent to an activating group) is 1. The maximum absolute atomic E-state index is 14.0. The van der Waals surface area contributed by atoms with Crippen molar-refractivity contribution in [2.75, 3.05) is 52.2 Å². The van der Waals surface area contributed by atoms with Crippen LogP contribution in [0.1, 0.15) is 5.56 Å². The molecule has 10 heteroatoms. The molecular formula is C26H27F2N7O. The van der Waals surface area contributed by atoms with Crippen LogP contribution in [-0.2, 0) is 0 Å². The van der Waals surface area contributed by atoms with Gasteiger partial charge in [0.2, 0.25) is 5.95 Å². The molecule has 2 N–H and O–H groups in total. The van der Waals surface area contributed by atoms with E-state index in [1.54, 1.807) is 13.3 Å². The van der Waals surface area contributed by atoms with Gasteiger partial charge in [-0.1, -0.05) is 18.2 Å². The molecular weight excluding hydrogens is 464 g/mol. The Bertz CT molecular complexity index is 1400. The Morgan fingerprint density at radius 1 is 1.11 bits per heavy atom. The van der Waals surface area contributed by atoms with Crippen molar-refractivity contribution in [3.63, 3.8) is 0 Å². The lowest BCUT2D eigenvalue weighted by Crippen LogP contribution is -2.44. The summed E-state index contributed by atoms with van der Waals surface area (Å²) in [4.78, 5) is 13.5. The Kier molecular flexibility index (Phi) is 6.88. The first-order chi connectivity index (χ1) is 17.5. The van der Waals surface area contributed by atoms with E-state index in [4.69, 9.17) is 4.74 Å². The first-order valence-corrected chi connectivity index (χ1v) is 11.7. The number of nitrogens with zero attached hydrogens (tertiary/aromatic N) is 5. The topological polar surface area (TPSA) is 82.2 Å². The van der Waals surface area contributed by atoms with E-state index in [1.807, 2.05) is 18.2 Å². The molecule has 0 unspecified atom stereocenters. The SMILES string of the molecule is COc1ccc(C=CCN2CCN(C)CC2)cc1-c1n[nH]c2nc(Nc3ccc(F)cc3F)ncc12. The van der Waals surface area contributed by atoms with Crippen molar-refractivity contribution < 1.29 is 13.5 Å². The second-order valence-corrected chi connectivity index (χ2v) is 8.74. The predicted octanol–water partition coefficient (Wildman–Crippen LogP) is 4.31. The Labute approximate surface area is 207 Å². The van der Waals surface area contributed by atoms with Gasteiger partial charge in [-0.15, -0.1) is 0 Å².